The predicted molar refractivity (Wildman–Crippen MR) is 123 cm³/mol. The molecule has 1 amide bonds. The molecule has 2 aliphatic rings. The molecule has 2 unspecified atom stereocenters. The molecule has 4 heterocycles. The molecule has 3 aromatic rings. The standard InChI is InChI=1S/C24H28N6O2/c31-24(21-16-20(27-28-21)22-6-5-15-32-22)25-18-9-7-17(8-10-18)19-11-12-23(29-26-19)30-13-3-1-2-4-14-30/h5-12,15,20-21,27-28H,1-4,13-14,16H2,(H,25,31). The van der Waals surface area contributed by atoms with Crippen LogP contribution in [-0.4, -0.2) is 35.2 Å². The minimum Gasteiger partial charge on any atom is -0.468 e. The first-order chi connectivity index (χ1) is 15.8. The molecule has 8 heteroatoms. The first-order valence-electron chi connectivity index (χ1n) is 11.3. The van der Waals surface area contributed by atoms with E-state index in [0.717, 1.165) is 41.6 Å². The van der Waals surface area contributed by atoms with Crippen molar-refractivity contribution in [3.8, 4) is 11.3 Å². The van der Waals surface area contributed by atoms with Gasteiger partial charge in [0.25, 0.3) is 0 Å². The summed E-state index contributed by atoms with van der Waals surface area (Å²) in [5.74, 6) is 1.69. The Morgan fingerprint density at radius 3 is 2.47 bits per heavy atom. The smallest absolute Gasteiger partial charge is 0.242 e. The van der Waals surface area contributed by atoms with Gasteiger partial charge >= 0.3 is 0 Å². The quantitative estimate of drug-likeness (QED) is 0.566. The van der Waals surface area contributed by atoms with Crippen molar-refractivity contribution in [2.45, 2.75) is 44.2 Å². The Morgan fingerprint density at radius 2 is 1.78 bits per heavy atom. The Labute approximate surface area is 187 Å². The number of anilines is 2. The average Bonchev–Trinajstić information content (AvgIpc) is 3.47. The molecule has 2 atom stereocenters. The van der Waals surface area contributed by atoms with Crippen LogP contribution in [0.1, 0.15) is 43.9 Å². The third kappa shape index (κ3) is 4.66. The van der Waals surface area contributed by atoms with E-state index >= 15 is 0 Å². The molecule has 0 saturated carbocycles. The van der Waals surface area contributed by atoms with E-state index in [2.05, 4.69) is 37.3 Å². The van der Waals surface area contributed by atoms with Gasteiger partial charge in [-0.3, -0.25) is 4.79 Å². The van der Waals surface area contributed by atoms with Gasteiger partial charge in [0.2, 0.25) is 5.91 Å². The lowest BCUT2D eigenvalue weighted by atomic mass is 10.1. The summed E-state index contributed by atoms with van der Waals surface area (Å²) in [6.07, 6.45) is 7.28. The van der Waals surface area contributed by atoms with Crippen molar-refractivity contribution in [3.05, 3.63) is 60.6 Å². The number of carbonyl (C=O) groups is 1. The van der Waals surface area contributed by atoms with Crippen LogP contribution in [0.3, 0.4) is 0 Å². The Bertz CT molecular complexity index is 1010. The van der Waals surface area contributed by atoms with Crippen LogP contribution in [0.4, 0.5) is 11.5 Å². The largest absolute Gasteiger partial charge is 0.468 e. The first kappa shape index (κ1) is 20.7. The predicted octanol–water partition coefficient (Wildman–Crippen LogP) is 3.66. The lowest BCUT2D eigenvalue weighted by Gasteiger charge is -2.20. The molecule has 8 nitrogen and oxygen atoms in total. The molecular weight excluding hydrogens is 404 g/mol. The number of amides is 1. The summed E-state index contributed by atoms with van der Waals surface area (Å²) in [7, 11) is 0. The van der Waals surface area contributed by atoms with E-state index in [9.17, 15) is 4.79 Å². The maximum Gasteiger partial charge on any atom is 0.242 e. The lowest BCUT2D eigenvalue weighted by molar-refractivity contribution is -0.117. The van der Waals surface area contributed by atoms with Crippen LogP contribution >= 0.6 is 0 Å². The second kappa shape index (κ2) is 9.50. The van der Waals surface area contributed by atoms with E-state index in [0.29, 0.717) is 6.42 Å². The summed E-state index contributed by atoms with van der Waals surface area (Å²) in [5, 5.41) is 11.9. The normalized spacial score (nSPS) is 21.3. The van der Waals surface area contributed by atoms with Crippen molar-refractivity contribution in [1.82, 2.24) is 21.0 Å². The topological polar surface area (TPSA) is 95.3 Å². The van der Waals surface area contributed by atoms with Gasteiger partial charge in [-0.05, 0) is 55.7 Å². The van der Waals surface area contributed by atoms with Crippen molar-refractivity contribution in [2.24, 2.45) is 0 Å². The highest BCUT2D eigenvalue weighted by molar-refractivity contribution is 5.95. The molecule has 0 aliphatic carbocycles. The second-order valence-corrected chi connectivity index (χ2v) is 8.39. The summed E-state index contributed by atoms with van der Waals surface area (Å²) in [6.45, 7) is 2.10. The Morgan fingerprint density at radius 1 is 0.969 bits per heavy atom. The number of hydrogen-bond acceptors (Lipinski definition) is 7. The maximum absolute atomic E-state index is 12.6. The summed E-state index contributed by atoms with van der Waals surface area (Å²) >= 11 is 0. The number of aromatic nitrogens is 2. The number of hydrazine groups is 1. The lowest BCUT2D eigenvalue weighted by Crippen LogP contribution is -2.39. The summed E-state index contributed by atoms with van der Waals surface area (Å²) in [6, 6.07) is 15.2. The van der Waals surface area contributed by atoms with Crippen LogP contribution in [-0.2, 0) is 4.79 Å². The summed E-state index contributed by atoms with van der Waals surface area (Å²) in [5.41, 5.74) is 8.70. The van der Waals surface area contributed by atoms with Crippen molar-refractivity contribution < 1.29 is 9.21 Å². The Balaban J connectivity index is 1.18. The van der Waals surface area contributed by atoms with Gasteiger partial charge in [0.1, 0.15) is 11.8 Å². The molecule has 0 bridgehead atoms. The number of nitrogens with zero attached hydrogens (tertiary/aromatic N) is 3. The average molecular weight is 433 g/mol. The highest BCUT2D eigenvalue weighted by Crippen LogP contribution is 2.25. The van der Waals surface area contributed by atoms with E-state index in [1.165, 1.54) is 25.7 Å². The molecule has 1 aromatic carbocycles. The minimum atomic E-state index is -0.331. The van der Waals surface area contributed by atoms with Crippen molar-refractivity contribution in [2.75, 3.05) is 23.3 Å². The molecule has 2 fully saturated rings. The van der Waals surface area contributed by atoms with E-state index in [1.807, 2.05) is 42.5 Å². The van der Waals surface area contributed by atoms with E-state index in [4.69, 9.17) is 4.42 Å². The zero-order chi connectivity index (χ0) is 21.8. The molecule has 32 heavy (non-hydrogen) atoms. The van der Waals surface area contributed by atoms with Gasteiger partial charge in [0.05, 0.1) is 18.0 Å². The fourth-order valence-corrected chi connectivity index (χ4v) is 4.31. The zero-order valence-electron chi connectivity index (χ0n) is 18.0. The third-order valence-electron chi connectivity index (χ3n) is 6.14. The zero-order valence-corrected chi connectivity index (χ0v) is 18.0. The van der Waals surface area contributed by atoms with Crippen molar-refractivity contribution in [1.29, 1.82) is 0 Å². The molecule has 2 aromatic heterocycles. The fourth-order valence-electron chi connectivity index (χ4n) is 4.31. The van der Waals surface area contributed by atoms with Crippen molar-refractivity contribution in [3.63, 3.8) is 0 Å². The highest BCUT2D eigenvalue weighted by atomic mass is 16.3. The van der Waals surface area contributed by atoms with Crippen LogP contribution in [0.5, 0.6) is 0 Å². The Kier molecular flexibility index (Phi) is 6.13. The number of nitrogens with one attached hydrogen (secondary N) is 3. The molecule has 2 aliphatic heterocycles. The van der Waals surface area contributed by atoms with E-state index in [1.54, 1.807) is 6.26 Å². The molecule has 2 saturated heterocycles. The number of furan rings is 1. The van der Waals surface area contributed by atoms with Gasteiger partial charge in [0.15, 0.2) is 5.82 Å². The van der Waals surface area contributed by atoms with Crippen LogP contribution < -0.4 is 21.1 Å². The SMILES string of the molecule is O=C(Nc1ccc(-c2ccc(N3CCCCCC3)nn2)cc1)C1CC(c2ccco2)NN1. The van der Waals surface area contributed by atoms with Crippen LogP contribution in [0, 0.1) is 0 Å². The maximum atomic E-state index is 12.6. The van der Waals surface area contributed by atoms with Gasteiger partial charge in [-0.15, -0.1) is 10.2 Å². The monoisotopic (exact) mass is 432 g/mol. The molecular formula is C24H28N6O2. The van der Waals surface area contributed by atoms with E-state index < -0.39 is 0 Å². The van der Waals surface area contributed by atoms with Gasteiger partial charge in [-0.25, -0.2) is 10.9 Å². The van der Waals surface area contributed by atoms with Gasteiger partial charge in [0, 0.05) is 24.3 Å². The number of carbonyl (C=O) groups excluding carboxylic acids is 1. The number of rotatable bonds is 5. The van der Waals surface area contributed by atoms with Gasteiger partial charge < -0.3 is 14.6 Å². The minimum absolute atomic E-state index is 0.0148. The third-order valence-corrected chi connectivity index (χ3v) is 6.14. The van der Waals surface area contributed by atoms with E-state index in [-0.39, 0.29) is 18.0 Å². The fraction of sp³-hybridized carbons (Fsp3) is 0.375. The van der Waals surface area contributed by atoms with Crippen LogP contribution in [0.25, 0.3) is 11.3 Å². The number of benzene rings is 1. The van der Waals surface area contributed by atoms with Crippen LogP contribution in [0.2, 0.25) is 0 Å². The first-order valence-corrected chi connectivity index (χ1v) is 11.3. The van der Waals surface area contributed by atoms with Gasteiger partial charge in [-0.1, -0.05) is 25.0 Å². The highest BCUT2D eigenvalue weighted by Gasteiger charge is 2.31. The molecule has 166 valence electrons. The van der Waals surface area contributed by atoms with Crippen molar-refractivity contribution >= 4 is 17.4 Å². The summed E-state index contributed by atoms with van der Waals surface area (Å²) in [4.78, 5) is 14.9. The summed E-state index contributed by atoms with van der Waals surface area (Å²) < 4.78 is 5.42. The van der Waals surface area contributed by atoms with Gasteiger partial charge in [-0.2, -0.15) is 0 Å². The van der Waals surface area contributed by atoms with Crippen LogP contribution in [0.15, 0.2) is 59.2 Å². The molecule has 0 radical (unpaired) electrons. The molecule has 0 spiro atoms. The molecule has 5 rings (SSSR count). The second-order valence-electron chi connectivity index (χ2n) is 8.39. The molecule has 3 N–H and O–H groups in total. The number of hydrogen-bond donors (Lipinski definition) is 3. The Hall–Kier alpha value is -3.23.